The summed E-state index contributed by atoms with van der Waals surface area (Å²) in [5, 5.41) is 13.8. The van der Waals surface area contributed by atoms with E-state index in [1.165, 1.54) is 28.3 Å². The molecule has 0 spiro atoms. The van der Waals surface area contributed by atoms with Gasteiger partial charge in [0.25, 0.3) is 5.56 Å². The molecule has 9 heteroatoms. The third kappa shape index (κ3) is 5.59. The van der Waals surface area contributed by atoms with Crippen LogP contribution in [0, 0.1) is 11.7 Å². The first-order valence-electron chi connectivity index (χ1n) is 13.8. The fraction of sp³-hybridized carbons (Fsp3) is 0.387. The molecule has 1 amide bonds. The molecular weight excluding hydrogens is 527 g/mol. The van der Waals surface area contributed by atoms with Crippen LogP contribution in [0.4, 0.5) is 4.39 Å². The predicted molar refractivity (Wildman–Crippen MR) is 154 cm³/mol. The number of rotatable bonds is 6. The summed E-state index contributed by atoms with van der Waals surface area (Å²) in [4.78, 5) is 36.0. The van der Waals surface area contributed by atoms with Crippen LogP contribution >= 0.6 is 11.3 Å². The van der Waals surface area contributed by atoms with Crippen molar-refractivity contribution in [3.8, 4) is 0 Å². The van der Waals surface area contributed by atoms with Crippen LogP contribution in [-0.4, -0.2) is 62.1 Å². The SMILES string of the molecule is O=C([C@@H]1CCN(Cc2cccc(F)c2)C[C@H]1c1ccccc1)N1CCC(O)(Cn2cnc3sccc3c2=O)CC1. The van der Waals surface area contributed by atoms with Crippen LogP contribution in [0.3, 0.4) is 0 Å². The molecule has 2 atom stereocenters. The Morgan fingerprint density at radius 1 is 1.07 bits per heavy atom. The number of hydrogen-bond acceptors (Lipinski definition) is 6. The van der Waals surface area contributed by atoms with Crippen LogP contribution in [0.15, 0.2) is 77.2 Å². The van der Waals surface area contributed by atoms with Crippen molar-refractivity contribution in [2.24, 2.45) is 5.92 Å². The van der Waals surface area contributed by atoms with Crippen LogP contribution in [0.2, 0.25) is 0 Å². The lowest BCUT2D eigenvalue weighted by Crippen LogP contribution is -2.53. The Hall–Kier alpha value is -3.40. The Bertz CT molecular complexity index is 1550. The number of nitrogens with zero attached hydrogens (tertiary/aromatic N) is 4. The Balaban J connectivity index is 1.13. The number of aliphatic hydroxyl groups is 1. The summed E-state index contributed by atoms with van der Waals surface area (Å²) in [6.45, 7) is 3.18. The molecule has 2 aliphatic heterocycles. The highest BCUT2D eigenvalue weighted by atomic mass is 32.1. The van der Waals surface area contributed by atoms with E-state index in [0.717, 1.165) is 30.6 Å². The standard InChI is InChI=1S/C31H33FN4O3S/c32-24-8-4-5-22(17-24)18-34-13-9-25(27(19-34)23-6-2-1-3-7-23)29(37)35-14-11-31(39,12-15-35)20-36-21-33-28-26(30(36)38)10-16-40-28/h1-8,10,16-17,21,25,27,39H,9,11-15,18-20H2/t25-,27+/m1/s1. The quantitative estimate of drug-likeness (QED) is 0.382. The Morgan fingerprint density at radius 3 is 2.65 bits per heavy atom. The molecule has 2 aromatic carbocycles. The van der Waals surface area contributed by atoms with E-state index in [4.69, 9.17) is 0 Å². The maximum absolute atomic E-state index is 13.9. The summed E-state index contributed by atoms with van der Waals surface area (Å²) in [6, 6.07) is 18.6. The number of halogens is 1. The van der Waals surface area contributed by atoms with Gasteiger partial charge in [-0.05, 0) is 60.5 Å². The number of thiophene rings is 1. The van der Waals surface area contributed by atoms with Gasteiger partial charge in [0.15, 0.2) is 0 Å². The van der Waals surface area contributed by atoms with Crippen molar-refractivity contribution < 1.29 is 14.3 Å². The van der Waals surface area contributed by atoms with Gasteiger partial charge in [-0.3, -0.25) is 19.1 Å². The lowest BCUT2D eigenvalue weighted by atomic mass is 9.79. The average Bonchev–Trinajstić information content (AvgIpc) is 3.45. The molecule has 2 aliphatic rings. The van der Waals surface area contributed by atoms with Gasteiger partial charge in [-0.2, -0.15) is 0 Å². The van der Waals surface area contributed by atoms with E-state index in [1.807, 2.05) is 34.5 Å². The molecule has 2 aromatic heterocycles. The number of carbonyl (C=O) groups excluding carboxylic acids is 1. The van der Waals surface area contributed by atoms with Crippen LogP contribution in [0.1, 0.15) is 36.3 Å². The van der Waals surface area contributed by atoms with Crippen LogP contribution in [-0.2, 0) is 17.9 Å². The molecule has 2 saturated heterocycles. The number of fused-ring (bicyclic) bond motifs is 1. The third-order valence-electron chi connectivity index (χ3n) is 8.46. The lowest BCUT2D eigenvalue weighted by molar-refractivity contribution is -0.142. The summed E-state index contributed by atoms with van der Waals surface area (Å²) in [6.07, 6.45) is 3.04. The molecule has 0 aliphatic carbocycles. The maximum atomic E-state index is 13.9. The lowest BCUT2D eigenvalue weighted by Gasteiger charge is -2.43. The minimum absolute atomic E-state index is 0.0267. The van der Waals surface area contributed by atoms with E-state index in [2.05, 4.69) is 22.0 Å². The summed E-state index contributed by atoms with van der Waals surface area (Å²) in [5.41, 5.74) is 0.848. The molecule has 1 N–H and O–H groups in total. The van der Waals surface area contributed by atoms with Gasteiger partial charge in [0, 0.05) is 38.0 Å². The Labute approximate surface area is 236 Å². The zero-order valence-electron chi connectivity index (χ0n) is 22.3. The van der Waals surface area contributed by atoms with Gasteiger partial charge in [0.2, 0.25) is 5.91 Å². The van der Waals surface area contributed by atoms with Crippen molar-refractivity contribution in [1.29, 1.82) is 0 Å². The molecule has 0 radical (unpaired) electrons. The highest BCUT2D eigenvalue weighted by Crippen LogP contribution is 2.36. The molecule has 0 unspecified atom stereocenters. The second-order valence-corrected chi connectivity index (χ2v) is 12.0. The predicted octanol–water partition coefficient (Wildman–Crippen LogP) is 4.26. The first kappa shape index (κ1) is 26.8. The first-order chi connectivity index (χ1) is 19.4. The van der Waals surface area contributed by atoms with Crippen molar-refractivity contribution in [3.63, 3.8) is 0 Å². The van der Waals surface area contributed by atoms with Crippen molar-refractivity contribution in [1.82, 2.24) is 19.4 Å². The van der Waals surface area contributed by atoms with E-state index in [-0.39, 0.29) is 35.7 Å². The molecule has 2 fully saturated rings. The Morgan fingerprint density at radius 2 is 1.88 bits per heavy atom. The summed E-state index contributed by atoms with van der Waals surface area (Å²) < 4.78 is 15.3. The normalized spacial score (nSPS) is 21.5. The average molecular weight is 561 g/mol. The number of benzene rings is 2. The number of likely N-dealkylation sites (tertiary alicyclic amines) is 2. The first-order valence-corrected chi connectivity index (χ1v) is 14.7. The van der Waals surface area contributed by atoms with Crippen molar-refractivity contribution >= 4 is 27.5 Å². The largest absolute Gasteiger partial charge is 0.388 e. The molecule has 0 saturated carbocycles. The minimum Gasteiger partial charge on any atom is -0.388 e. The number of piperidine rings is 2. The van der Waals surface area contributed by atoms with Crippen LogP contribution < -0.4 is 5.56 Å². The van der Waals surface area contributed by atoms with E-state index in [1.54, 1.807) is 18.2 Å². The molecule has 7 nitrogen and oxygen atoms in total. The minimum atomic E-state index is -1.07. The van der Waals surface area contributed by atoms with Gasteiger partial charge in [-0.15, -0.1) is 11.3 Å². The molecule has 208 valence electrons. The zero-order chi connectivity index (χ0) is 27.7. The van der Waals surface area contributed by atoms with Gasteiger partial charge < -0.3 is 10.0 Å². The fourth-order valence-corrected chi connectivity index (χ4v) is 6.97. The molecule has 4 heterocycles. The van der Waals surface area contributed by atoms with E-state index in [0.29, 0.717) is 42.7 Å². The topological polar surface area (TPSA) is 78.7 Å². The molecular formula is C31H33FN4O3S. The fourth-order valence-electron chi connectivity index (χ4n) is 6.25. The molecule has 40 heavy (non-hydrogen) atoms. The van der Waals surface area contributed by atoms with Crippen molar-refractivity contribution in [2.45, 2.75) is 43.9 Å². The second-order valence-electron chi connectivity index (χ2n) is 11.1. The van der Waals surface area contributed by atoms with Gasteiger partial charge in [0.05, 0.1) is 23.9 Å². The Kier molecular flexibility index (Phi) is 7.53. The molecule has 6 rings (SSSR count). The smallest absolute Gasteiger partial charge is 0.262 e. The monoisotopic (exact) mass is 560 g/mol. The van der Waals surface area contributed by atoms with E-state index >= 15 is 0 Å². The third-order valence-corrected chi connectivity index (χ3v) is 9.28. The highest BCUT2D eigenvalue weighted by molar-refractivity contribution is 7.16. The number of carbonyl (C=O) groups is 1. The number of amides is 1. The summed E-state index contributed by atoms with van der Waals surface area (Å²) in [5.74, 6) is -0.246. The highest BCUT2D eigenvalue weighted by Gasteiger charge is 2.40. The van der Waals surface area contributed by atoms with Crippen LogP contribution in [0.5, 0.6) is 0 Å². The van der Waals surface area contributed by atoms with Crippen LogP contribution in [0.25, 0.3) is 10.2 Å². The molecule has 0 bridgehead atoms. The number of aromatic nitrogens is 2. The number of hydrogen-bond donors (Lipinski definition) is 1. The van der Waals surface area contributed by atoms with Gasteiger partial charge >= 0.3 is 0 Å². The van der Waals surface area contributed by atoms with Crippen molar-refractivity contribution in [2.75, 3.05) is 26.2 Å². The van der Waals surface area contributed by atoms with Gasteiger partial charge in [0.1, 0.15) is 10.6 Å². The zero-order valence-corrected chi connectivity index (χ0v) is 23.1. The van der Waals surface area contributed by atoms with E-state index < -0.39 is 5.60 Å². The maximum Gasteiger partial charge on any atom is 0.262 e. The summed E-state index contributed by atoms with van der Waals surface area (Å²) in [7, 11) is 0. The van der Waals surface area contributed by atoms with Gasteiger partial charge in [-0.25, -0.2) is 9.37 Å². The molecule has 4 aromatic rings. The van der Waals surface area contributed by atoms with Gasteiger partial charge in [-0.1, -0.05) is 42.5 Å². The van der Waals surface area contributed by atoms with E-state index in [9.17, 15) is 19.1 Å². The summed E-state index contributed by atoms with van der Waals surface area (Å²) >= 11 is 1.42. The second kappa shape index (κ2) is 11.2. The van der Waals surface area contributed by atoms with Crippen molar-refractivity contribution in [3.05, 3.63) is 99.7 Å².